The van der Waals surface area contributed by atoms with Gasteiger partial charge in [0.15, 0.2) is 0 Å². The molecule has 90 valence electrons. The second kappa shape index (κ2) is 5.79. The van der Waals surface area contributed by atoms with Crippen molar-refractivity contribution in [2.75, 3.05) is 25.4 Å². The van der Waals surface area contributed by atoms with Crippen molar-refractivity contribution in [3.8, 4) is 0 Å². The van der Waals surface area contributed by atoms with Crippen LogP contribution in [0.25, 0.3) is 0 Å². The van der Waals surface area contributed by atoms with Gasteiger partial charge in [-0.2, -0.15) is 0 Å². The third-order valence-corrected chi connectivity index (χ3v) is 3.79. The number of nitrogens with two attached hydrogens (primary N) is 1. The lowest BCUT2D eigenvalue weighted by atomic mass is 9.97. The van der Waals surface area contributed by atoms with Crippen LogP contribution in [0.15, 0.2) is 0 Å². The molecule has 0 bridgehead atoms. The Balaban J connectivity index is 2.15. The number of nitrogens with one attached hydrogen (secondary N) is 1. The number of sulfonamides is 1. The van der Waals surface area contributed by atoms with E-state index in [1.165, 1.54) is 0 Å². The Morgan fingerprint density at radius 2 is 2.00 bits per heavy atom. The summed E-state index contributed by atoms with van der Waals surface area (Å²) in [4.78, 5) is 0. The molecule has 15 heavy (non-hydrogen) atoms. The molecule has 0 saturated heterocycles. The van der Waals surface area contributed by atoms with Gasteiger partial charge in [0.1, 0.15) is 0 Å². The van der Waals surface area contributed by atoms with E-state index in [1.54, 1.807) is 0 Å². The van der Waals surface area contributed by atoms with Crippen LogP contribution >= 0.6 is 0 Å². The molecule has 2 unspecified atom stereocenters. The van der Waals surface area contributed by atoms with Crippen LogP contribution in [0.2, 0.25) is 0 Å². The summed E-state index contributed by atoms with van der Waals surface area (Å²) in [6.45, 7) is 1.41. The molecule has 0 aliphatic heterocycles. The van der Waals surface area contributed by atoms with E-state index in [-0.39, 0.29) is 12.4 Å². The van der Waals surface area contributed by atoms with Crippen molar-refractivity contribution in [3.05, 3.63) is 0 Å². The molecule has 6 heteroatoms. The number of hydrogen-bond donors (Lipinski definition) is 3. The van der Waals surface area contributed by atoms with Gasteiger partial charge in [-0.25, -0.2) is 13.6 Å². The maximum atomic E-state index is 10.6. The van der Waals surface area contributed by atoms with Crippen LogP contribution in [-0.4, -0.2) is 39.0 Å². The predicted octanol–water partition coefficient (Wildman–Crippen LogP) is -0.727. The minimum Gasteiger partial charge on any atom is -0.396 e. The first kappa shape index (κ1) is 12.9. The Bertz CT molecular complexity index is 279. The van der Waals surface area contributed by atoms with Gasteiger partial charge in [0.25, 0.3) is 0 Å². The smallest absolute Gasteiger partial charge is 0.210 e. The number of primary sulfonamides is 1. The van der Waals surface area contributed by atoms with Gasteiger partial charge in [0, 0.05) is 13.2 Å². The summed E-state index contributed by atoms with van der Waals surface area (Å²) in [6, 6.07) is 0. The van der Waals surface area contributed by atoms with Crippen molar-refractivity contribution in [1.82, 2.24) is 5.32 Å². The lowest BCUT2D eigenvalue weighted by molar-refractivity contribution is 0.193. The Labute approximate surface area is 91.1 Å². The van der Waals surface area contributed by atoms with Crippen LogP contribution in [0.4, 0.5) is 0 Å². The van der Waals surface area contributed by atoms with Crippen molar-refractivity contribution < 1.29 is 13.5 Å². The maximum absolute atomic E-state index is 10.6. The zero-order chi connectivity index (χ0) is 11.3. The fourth-order valence-corrected chi connectivity index (χ4v) is 2.55. The first-order valence-corrected chi connectivity index (χ1v) is 7.06. The number of aliphatic hydroxyl groups is 1. The molecule has 0 amide bonds. The van der Waals surface area contributed by atoms with E-state index in [1.807, 2.05) is 0 Å². The number of hydrogen-bond acceptors (Lipinski definition) is 4. The molecular weight excluding hydrogens is 216 g/mol. The lowest BCUT2D eigenvalue weighted by Gasteiger charge is -2.17. The standard InChI is InChI=1S/C9H20N2O3S/c10-15(13,14)5-4-11-6-8-2-1-3-9(8)7-12/h8-9,11-12H,1-7H2,(H2,10,13,14). The zero-order valence-electron chi connectivity index (χ0n) is 8.85. The highest BCUT2D eigenvalue weighted by Gasteiger charge is 2.25. The molecule has 5 nitrogen and oxygen atoms in total. The van der Waals surface area contributed by atoms with E-state index in [2.05, 4.69) is 5.32 Å². The average molecular weight is 236 g/mol. The topological polar surface area (TPSA) is 92.4 Å². The average Bonchev–Trinajstić information content (AvgIpc) is 2.58. The van der Waals surface area contributed by atoms with Crippen molar-refractivity contribution >= 4 is 10.0 Å². The predicted molar refractivity (Wildman–Crippen MR) is 58.8 cm³/mol. The normalized spacial score (nSPS) is 27.1. The highest BCUT2D eigenvalue weighted by molar-refractivity contribution is 7.89. The minimum atomic E-state index is -3.35. The lowest BCUT2D eigenvalue weighted by Crippen LogP contribution is -2.32. The number of aliphatic hydroxyl groups excluding tert-OH is 1. The Hall–Kier alpha value is -0.170. The molecule has 1 rings (SSSR count). The van der Waals surface area contributed by atoms with Gasteiger partial charge in [-0.15, -0.1) is 0 Å². The van der Waals surface area contributed by atoms with Crippen LogP contribution < -0.4 is 10.5 Å². The Kier molecular flexibility index (Phi) is 4.98. The second-order valence-corrected chi connectivity index (χ2v) is 5.94. The summed E-state index contributed by atoms with van der Waals surface area (Å²) >= 11 is 0. The van der Waals surface area contributed by atoms with E-state index < -0.39 is 10.0 Å². The van der Waals surface area contributed by atoms with Crippen LogP contribution in [0, 0.1) is 11.8 Å². The summed E-state index contributed by atoms with van der Waals surface area (Å²) in [6.07, 6.45) is 3.36. The molecule has 0 aromatic rings. The van der Waals surface area contributed by atoms with Crippen molar-refractivity contribution in [2.24, 2.45) is 17.0 Å². The number of rotatable bonds is 6. The molecular formula is C9H20N2O3S. The molecule has 1 aliphatic rings. The molecule has 4 N–H and O–H groups in total. The van der Waals surface area contributed by atoms with Crippen LogP contribution in [-0.2, 0) is 10.0 Å². The van der Waals surface area contributed by atoms with E-state index >= 15 is 0 Å². The molecule has 0 aromatic carbocycles. The van der Waals surface area contributed by atoms with Gasteiger partial charge in [-0.05, 0) is 31.2 Å². The third-order valence-electron chi connectivity index (χ3n) is 3.02. The van der Waals surface area contributed by atoms with Gasteiger partial charge in [-0.1, -0.05) is 6.42 Å². The van der Waals surface area contributed by atoms with Gasteiger partial charge >= 0.3 is 0 Å². The molecule has 0 spiro atoms. The fourth-order valence-electron chi connectivity index (χ4n) is 2.12. The summed E-state index contributed by atoms with van der Waals surface area (Å²) in [7, 11) is -3.35. The molecule has 0 radical (unpaired) electrons. The van der Waals surface area contributed by atoms with Crippen LogP contribution in [0.5, 0.6) is 0 Å². The summed E-state index contributed by atoms with van der Waals surface area (Å²) in [5.41, 5.74) is 0. The van der Waals surface area contributed by atoms with Gasteiger partial charge in [0.05, 0.1) is 5.75 Å². The van der Waals surface area contributed by atoms with Gasteiger partial charge in [-0.3, -0.25) is 0 Å². The Morgan fingerprint density at radius 1 is 1.33 bits per heavy atom. The molecule has 0 aromatic heterocycles. The highest BCUT2D eigenvalue weighted by atomic mass is 32.2. The molecule has 1 aliphatic carbocycles. The SMILES string of the molecule is NS(=O)(=O)CCNCC1CCCC1CO. The van der Waals surface area contributed by atoms with E-state index in [0.717, 1.165) is 25.8 Å². The summed E-state index contributed by atoms with van der Waals surface area (Å²) < 4.78 is 21.3. The summed E-state index contributed by atoms with van der Waals surface area (Å²) in [5.74, 6) is 0.839. The van der Waals surface area contributed by atoms with Crippen molar-refractivity contribution in [2.45, 2.75) is 19.3 Å². The first-order valence-electron chi connectivity index (χ1n) is 5.35. The quantitative estimate of drug-likeness (QED) is 0.530. The first-order chi connectivity index (χ1) is 7.03. The molecule has 1 saturated carbocycles. The molecule has 1 fully saturated rings. The largest absolute Gasteiger partial charge is 0.396 e. The van der Waals surface area contributed by atoms with Crippen LogP contribution in [0.1, 0.15) is 19.3 Å². The zero-order valence-corrected chi connectivity index (χ0v) is 9.67. The summed E-state index contributed by atoms with van der Waals surface area (Å²) in [5, 5.41) is 17.0. The Morgan fingerprint density at radius 3 is 2.60 bits per heavy atom. The molecule has 2 atom stereocenters. The van der Waals surface area contributed by atoms with Crippen molar-refractivity contribution in [3.63, 3.8) is 0 Å². The van der Waals surface area contributed by atoms with Gasteiger partial charge in [0.2, 0.25) is 10.0 Å². The third kappa shape index (κ3) is 4.92. The molecule has 0 heterocycles. The maximum Gasteiger partial charge on any atom is 0.210 e. The highest BCUT2D eigenvalue weighted by Crippen LogP contribution is 2.30. The fraction of sp³-hybridized carbons (Fsp3) is 1.00. The van der Waals surface area contributed by atoms with E-state index in [0.29, 0.717) is 18.4 Å². The van der Waals surface area contributed by atoms with E-state index in [4.69, 9.17) is 10.2 Å². The van der Waals surface area contributed by atoms with E-state index in [9.17, 15) is 8.42 Å². The van der Waals surface area contributed by atoms with Crippen LogP contribution in [0.3, 0.4) is 0 Å². The monoisotopic (exact) mass is 236 g/mol. The van der Waals surface area contributed by atoms with Crippen molar-refractivity contribution in [1.29, 1.82) is 0 Å². The van der Waals surface area contributed by atoms with Gasteiger partial charge < -0.3 is 10.4 Å². The second-order valence-electron chi connectivity index (χ2n) is 4.20. The minimum absolute atomic E-state index is 0.0243.